The quantitative estimate of drug-likeness (QED) is 0.728. The summed E-state index contributed by atoms with van der Waals surface area (Å²) in [6, 6.07) is 1.85. The van der Waals surface area contributed by atoms with E-state index in [0.29, 0.717) is 12.4 Å². The second kappa shape index (κ2) is 3.59. The van der Waals surface area contributed by atoms with E-state index in [1.807, 2.05) is 23.0 Å². The van der Waals surface area contributed by atoms with Gasteiger partial charge >= 0.3 is 0 Å². The van der Waals surface area contributed by atoms with Gasteiger partial charge < -0.3 is 9.09 Å². The van der Waals surface area contributed by atoms with Crippen LogP contribution >= 0.6 is 0 Å². The Labute approximate surface area is 92.1 Å². The number of ketones is 1. The zero-order chi connectivity index (χ0) is 11.0. The predicted molar refractivity (Wildman–Crippen MR) is 54.9 cm³/mol. The number of hydrogen-bond donors (Lipinski definition) is 0. The minimum absolute atomic E-state index is 0.256. The van der Waals surface area contributed by atoms with Crippen molar-refractivity contribution < 1.29 is 9.32 Å². The Morgan fingerprint density at radius 1 is 1.56 bits per heavy atom. The first-order valence-corrected chi connectivity index (χ1v) is 5.28. The SMILES string of the molecule is O=C(c1ccn(Cc2ncon2)c1)C1CC1. The minimum atomic E-state index is 0.256. The van der Waals surface area contributed by atoms with Crippen LogP contribution in [0.3, 0.4) is 0 Å². The van der Waals surface area contributed by atoms with E-state index >= 15 is 0 Å². The van der Waals surface area contributed by atoms with Gasteiger partial charge in [-0.3, -0.25) is 4.79 Å². The Morgan fingerprint density at radius 3 is 3.12 bits per heavy atom. The van der Waals surface area contributed by atoms with Crippen LogP contribution in [-0.2, 0) is 6.54 Å². The molecule has 0 atom stereocenters. The van der Waals surface area contributed by atoms with Crippen LogP contribution in [0.4, 0.5) is 0 Å². The second-order valence-electron chi connectivity index (χ2n) is 4.06. The van der Waals surface area contributed by atoms with Gasteiger partial charge in [-0.05, 0) is 18.9 Å². The summed E-state index contributed by atoms with van der Waals surface area (Å²) < 4.78 is 6.54. The molecule has 16 heavy (non-hydrogen) atoms. The minimum Gasteiger partial charge on any atom is -0.346 e. The molecule has 2 heterocycles. The van der Waals surface area contributed by atoms with Crippen LogP contribution < -0.4 is 0 Å². The molecule has 2 aromatic rings. The molecule has 0 spiro atoms. The van der Waals surface area contributed by atoms with Crippen molar-refractivity contribution in [3.8, 4) is 0 Å². The fourth-order valence-electron chi connectivity index (χ4n) is 1.69. The third-order valence-electron chi connectivity index (χ3n) is 2.71. The van der Waals surface area contributed by atoms with Crippen molar-refractivity contribution >= 4 is 5.78 Å². The predicted octanol–water partition coefficient (Wildman–Crippen LogP) is 1.51. The lowest BCUT2D eigenvalue weighted by molar-refractivity contribution is 0.0967. The Hall–Kier alpha value is -1.91. The molecule has 0 N–H and O–H groups in total. The molecule has 0 unspecified atom stereocenters. The zero-order valence-corrected chi connectivity index (χ0v) is 8.67. The lowest BCUT2D eigenvalue weighted by Gasteiger charge is -1.96. The van der Waals surface area contributed by atoms with Crippen LogP contribution in [0.2, 0.25) is 0 Å². The maximum absolute atomic E-state index is 11.8. The highest BCUT2D eigenvalue weighted by Crippen LogP contribution is 2.32. The molecule has 0 bridgehead atoms. The average molecular weight is 217 g/mol. The van der Waals surface area contributed by atoms with Crippen molar-refractivity contribution in [1.29, 1.82) is 0 Å². The van der Waals surface area contributed by atoms with E-state index in [1.54, 1.807) is 0 Å². The summed E-state index contributed by atoms with van der Waals surface area (Å²) in [5, 5.41) is 3.72. The highest BCUT2D eigenvalue weighted by Gasteiger charge is 2.30. The third-order valence-corrected chi connectivity index (χ3v) is 2.71. The second-order valence-corrected chi connectivity index (χ2v) is 4.06. The zero-order valence-electron chi connectivity index (χ0n) is 8.67. The normalized spacial score (nSPS) is 15.2. The summed E-state index contributed by atoms with van der Waals surface area (Å²) in [4.78, 5) is 15.7. The van der Waals surface area contributed by atoms with Crippen LogP contribution in [0.5, 0.6) is 0 Å². The van der Waals surface area contributed by atoms with Gasteiger partial charge in [0.25, 0.3) is 0 Å². The van der Waals surface area contributed by atoms with Crippen molar-refractivity contribution in [2.45, 2.75) is 19.4 Å². The molecular weight excluding hydrogens is 206 g/mol. The fraction of sp³-hybridized carbons (Fsp3) is 0.364. The smallest absolute Gasteiger partial charge is 0.213 e. The molecule has 0 aliphatic heterocycles. The summed E-state index contributed by atoms with van der Waals surface area (Å²) in [7, 11) is 0. The van der Waals surface area contributed by atoms with Gasteiger partial charge in [-0.1, -0.05) is 5.16 Å². The van der Waals surface area contributed by atoms with Crippen molar-refractivity contribution in [2.75, 3.05) is 0 Å². The van der Waals surface area contributed by atoms with Gasteiger partial charge in [-0.15, -0.1) is 0 Å². The summed E-state index contributed by atoms with van der Waals surface area (Å²) in [5.41, 5.74) is 0.783. The third kappa shape index (κ3) is 1.76. The van der Waals surface area contributed by atoms with E-state index in [9.17, 15) is 4.79 Å². The summed E-state index contributed by atoms with van der Waals surface area (Å²) in [5.74, 6) is 1.13. The van der Waals surface area contributed by atoms with E-state index in [1.165, 1.54) is 6.39 Å². The molecule has 0 radical (unpaired) electrons. The lowest BCUT2D eigenvalue weighted by atomic mass is 10.1. The topological polar surface area (TPSA) is 60.9 Å². The van der Waals surface area contributed by atoms with Crippen molar-refractivity contribution in [2.24, 2.45) is 5.92 Å². The average Bonchev–Trinajstić information content (AvgIpc) is 2.82. The molecule has 1 aliphatic rings. The van der Waals surface area contributed by atoms with E-state index < -0.39 is 0 Å². The highest BCUT2D eigenvalue weighted by molar-refractivity contribution is 5.99. The number of aromatic nitrogens is 3. The van der Waals surface area contributed by atoms with Crippen LogP contribution in [0, 0.1) is 5.92 Å². The summed E-state index contributed by atoms with van der Waals surface area (Å²) in [6.45, 7) is 0.536. The molecule has 82 valence electrons. The van der Waals surface area contributed by atoms with Gasteiger partial charge in [-0.25, -0.2) is 0 Å². The number of Topliss-reactive ketones (excluding diaryl/α,β-unsaturated/α-hetero) is 1. The Balaban J connectivity index is 1.74. The standard InChI is InChI=1S/C11H11N3O2/c15-11(8-1-2-8)9-3-4-14(5-9)6-10-12-7-16-13-10/h3-5,7-8H,1-2,6H2. The molecule has 3 rings (SSSR count). The van der Waals surface area contributed by atoms with Crippen LogP contribution in [0.25, 0.3) is 0 Å². The summed E-state index contributed by atoms with van der Waals surface area (Å²) in [6.07, 6.45) is 7.09. The lowest BCUT2D eigenvalue weighted by Crippen LogP contribution is -2.01. The highest BCUT2D eigenvalue weighted by atomic mass is 16.5. The molecule has 2 aromatic heterocycles. The van der Waals surface area contributed by atoms with Crippen LogP contribution in [0.15, 0.2) is 29.4 Å². The first-order valence-electron chi connectivity index (χ1n) is 5.28. The Morgan fingerprint density at radius 2 is 2.44 bits per heavy atom. The maximum Gasteiger partial charge on any atom is 0.213 e. The molecule has 0 amide bonds. The van der Waals surface area contributed by atoms with Crippen molar-refractivity contribution in [1.82, 2.24) is 14.7 Å². The van der Waals surface area contributed by atoms with Gasteiger partial charge in [0.15, 0.2) is 11.6 Å². The Bertz CT molecular complexity index is 497. The van der Waals surface area contributed by atoms with Gasteiger partial charge in [0.05, 0.1) is 6.54 Å². The van der Waals surface area contributed by atoms with E-state index in [4.69, 9.17) is 0 Å². The molecule has 1 fully saturated rings. The number of hydrogen-bond acceptors (Lipinski definition) is 4. The van der Waals surface area contributed by atoms with E-state index in [0.717, 1.165) is 18.4 Å². The molecule has 1 aliphatic carbocycles. The van der Waals surface area contributed by atoms with E-state index in [-0.39, 0.29) is 11.7 Å². The number of carbonyl (C=O) groups excluding carboxylic acids is 1. The number of nitrogens with zero attached hydrogens (tertiary/aromatic N) is 3. The van der Waals surface area contributed by atoms with Crippen molar-refractivity contribution in [3.05, 3.63) is 36.2 Å². The molecule has 5 nitrogen and oxygen atoms in total. The first kappa shape index (κ1) is 9.33. The van der Waals surface area contributed by atoms with E-state index in [2.05, 4.69) is 14.7 Å². The van der Waals surface area contributed by atoms with Crippen molar-refractivity contribution in [3.63, 3.8) is 0 Å². The molecule has 0 saturated heterocycles. The number of rotatable bonds is 4. The first-order chi connectivity index (χ1) is 7.83. The number of carbonyl (C=O) groups is 1. The molecule has 0 aromatic carbocycles. The van der Waals surface area contributed by atoms with Crippen LogP contribution in [0.1, 0.15) is 29.0 Å². The van der Waals surface area contributed by atoms with Gasteiger partial charge in [-0.2, -0.15) is 4.98 Å². The Kier molecular flexibility index (Phi) is 2.09. The van der Waals surface area contributed by atoms with Gasteiger partial charge in [0.2, 0.25) is 6.39 Å². The monoisotopic (exact) mass is 217 g/mol. The molecule has 5 heteroatoms. The fourth-order valence-corrected chi connectivity index (χ4v) is 1.69. The largest absolute Gasteiger partial charge is 0.346 e. The molecular formula is C11H11N3O2. The summed E-state index contributed by atoms with van der Waals surface area (Å²) >= 11 is 0. The molecule has 1 saturated carbocycles. The van der Waals surface area contributed by atoms with Gasteiger partial charge in [0, 0.05) is 23.9 Å². The maximum atomic E-state index is 11.8. The van der Waals surface area contributed by atoms with Crippen LogP contribution in [-0.4, -0.2) is 20.5 Å². The van der Waals surface area contributed by atoms with Gasteiger partial charge in [0.1, 0.15) is 0 Å².